The van der Waals surface area contributed by atoms with E-state index in [-0.39, 0.29) is 23.9 Å². The van der Waals surface area contributed by atoms with Crippen LogP contribution in [0.25, 0.3) is 10.9 Å². The number of para-hydroxylation sites is 1. The van der Waals surface area contributed by atoms with Crippen LogP contribution in [-0.4, -0.2) is 41.5 Å². The number of rotatable bonds is 2. The van der Waals surface area contributed by atoms with Gasteiger partial charge in [-0.1, -0.05) is 18.2 Å². The number of urea groups is 1. The summed E-state index contributed by atoms with van der Waals surface area (Å²) in [5.41, 5.74) is 3.64. The van der Waals surface area contributed by atoms with Crippen molar-refractivity contribution in [3.63, 3.8) is 0 Å². The van der Waals surface area contributed by atoms with Crippen LogP contribution in [0.5, 0.6) is 0 Å². The fraction of sp³-hybridized carbons (Fsp3) is 0.500. The van der Waals surface area contributed by atoms with E-state index in [1.165, 1.54) is 16.6 Å². The van der Waals surface area contributed by atoms with Crippen molar-refractivity contribution in [3.05, 3.63) is 35.5 Å². The minimum Gasteiger partial charge on any atom is -0.359 e. The van der Waals surface area contributed by atoms with Crippen LogP contribution < -0.4 is 10.6 Å². The van der Waals surface area contributed by atoms with Gasteiger partial charge in [0.2, 0.25) is 5.91 Å². The Morgan fingerprint density at radius 1 is 1.15 bits per heavy atom. The molecule has 1 fully saturated rings. The molecule has 1 aromatic heterocycles. The molecule has 6 nitrogen and oxygen atoms in total. The summed E-state index contributed by atoms with van der Waals surface area (Å²) < 4.78 is 0. The molecule has 0 radical (unpaired) electrons. The van der Waals surface area contributed by atoms with Crippen molar-refractivity contribution in [2.45, 2.75) is 44.7 Å². The number of benzene rings is 1. The van der Waals surface area contributed by atoms with E-state index in [9.17, 15) is 9.59 Å². The molecule has 0 saturated heterocycles. The van der Waals surface area contributed by atoms with Crippen molar-refractivity contribution in [1.29, 1.82) is 0 Å². The lowest BCUT2D eigenvalue weighted by Gasteiger charge is -2.32. The van der Waals surface area contributed by atoms with Crippen molar-refractivity contribution in [2.75, 3.05) is 13.6 Å². The number of hydrogen-bond donors (Lipinski definition) is 3. The average molecular weight is 354 g/mol. The number of nitrogens with one attached hydrogen (secondary N) is 3. The molecule has 3 amide bonds. The molecule has 6 heteroatoms. The second-order valence-corrected chi connectivity index (χ2v) is 7.41. The molecule has 3 N–H and O–H groups in total. The first-order valence-corrected chi connectivity index (χ1v) is 9.51. The zero-order valence-corrected chi connectivity index (χ0v) is 15.2. The maximum atomic E-state index is 12.7. The summed E-state index contributed by atoms with van der Waals surface area (Å²) in [6, 6.07) is 8.47. The van der Waals surface area contributed by atoms with E-state index in [1.807, 2.05) is 17.0 Å². The molecule has 1 aliphatic carbocycles. The smallest absolute Gasteiger partial charge is 0.317 e. The third kappa shape index (κ3) is 3.16. The van der Waals surface area contributed by atoms with Gasteiger partial charge >= 0.3 is 6.03 Å². The predicted octanol–water partition coefficient (Wildman–Crippen LogP) is 2.54. The van der Waals surface area contributed by atoms with Gasteiger partial charge in [-0.2, -0.15) is 0 Å². The van der Waals surface area contributed by atoms with Crippen molar-refractivity contribution in [3.8, 4) is 0 Å². The molecule has 138 valence electrons. The van der Waals surface area contributed by atoms with E-state index in [4.69, 9.17) is 0 Å². The van der Waals surface area contributed by atoms with Crippen molar-refractivity contribution in [1.82, 2.24) is 20.5 Å². The van der Waals surface area contributed by atoms with Crippen LogP contribution in [0.2, 0.25) is 0 Å². The summed E-state index contributed by atoms with van der Waals surface area (Å²) >= 11 is 0. The molecule has 2 aromatic rings. The Balaban J connectivity index is 1.37. The Kier molecular flexibility index (Phi) is 4.57. The monoisotopic (exact) mass is 354 g/mol. The molecular weight excluding hydrogens is 328 g/mol. The van der Waals surface area contributed by atoms with Gasteiger partial charge in [0.05, 0.1) is 0 Å². The quantitative estimate of drug-likeness (QED) is 0.775. The fourth-order valence-corrected chi connectivity index (χ4v) is 4.31. The maximum Gasteiger partial charge on any atom is 0.317 e. The van der Waals surface area contributed by atoms with Crippen LogP contribution >= 0.6 is 0 Å². The van der Waals surface area contributed by atoms with Crippen molar-refractivity contribution < 1.29 is 9.59 Å². The zero-order valence-electron chi connectivity index (χ0n) is 15.2. The number of carbonyl (C=O) groups excluding carboxylic acids is 2. The molecule has 4 rings (SSSR count). The van der Waals surface area contributed by atoms with Crippen LogP contribution in [0.15, 0.2) is 24.3 Å². The topological polar surface area (TPSA) is 77.2 Å². The summed E-state index contributed by atoms with van der Waals surface area (Å²) in [7, 11) is 1.69. The van der Waals surface area contributed by atoms with E-state index in [0.29, 0.717) is 6.54 Å². The number of H-pyrrole nitrogens is 1. The summed E-state index contributed by atoms with van der Waals surface area (Å²) in [4.78, 5) is 29.9. The zero-order chi connectivity index (χ0) is 18.1. The standard InChI is InChI=1S/C20H26N4O2/c1-21-19(25)13-6-8-14(9-7-13)22-20(26)24-11-10-18-16(12-24)15-4-2-3-5-17(15)23-18/h2-5,13-14,23H,6-12H2,1H3,(H,21,25)(H,22,26). The molecular formula is C20H26N4O2. The Labute approximate surface area is 153 Å². The highest BCUT2D eigenvalue weighted by Crippen LogP contribution is 2.28. The summed E-state index contributed by atoms with van der Waals surface area (Å²) in [5.74, 6) is 0.217. The van der Waals surface area contributed by atoms with Gasteiger partial charge < -0.3 is 20.5 Å². The summed E-state index contributed by atoms with van der Waals surface area (Å²) in [5, 5.41) is 7.12. The van der Waals surface area contributed by atoms with E-state index in [0.717, 1.165) is 44.2 Å². The molecule has 0 spiro atoms. The van der Waals surface area contributed by atoms with Gasteiger partial charge in [0.1, 0.15) is 0 Å². The highest BCUT2D eigenvalue weighted by atomic mass is 16.2. The summed E-state index contributed by atoms with van der Waals surface area (Å²) in [6.45, 7) is 1.39. The Hall–Kier alpha value is -2.50. The van der Waals surface area contributed by atoms with E-state index in [2.05, 4.69) is 27.8 Å². The molecule has 0 atom stereocenters. The van der Waals surface area contributed by atoms with Crippen LogP contribution in [-0.2, 0) is 17.8 Å². The third-order valence-corrected chi connectivity index (χ3v) is 5.84. The number of aromatic amines is 1. The van der Waals surface area contributed by atoms with Gasteiger partial charge in [0, 0.05) is 60.7 Å². The number of carbonyl (C=O) groups is 2. The maximum absolute atomic E-state index is 12.7. The molecule has 0 unspecified atom stereocenters. The van der Waals surface area contributed by atoms with E-state index in [1.54, 1.807) is 7.05 Å². The van der Waals surface area contributed by atoms with Crippen LogP contribution in [0.1, 0.15) is 36.9 Å². The molecule has 0 bridgehead atoms. The normalized spacial score (nSPS) is 22.7. The number of fused-ring (bicyclic) bond motifs is 3. The Morgan fingerprint density at radius 2 is 1.92 bits per heavy atom. The Morgan fingerprint density at radius 3 is 2.69 bits per heavy atom. The van der Waals surface area contributed by atoms with Crippen LogP contribution in [0.4, 0.5) is 4.79 Å². The Bertz CT molecular complexity index is 820. The minimum absolute atomic E-state index is 0.0179. The van der Waals surface area contributed by atoms with E-state index < -0.39 is 0 Å². The predicted molar refractivity (Wildman–Crippen MR) is 101 cm³/mol. The first kappa shape index (κ1) is 16.9. The molecule has 1 aromatic carbocycles. The highest BCUT2D eigenvalue weighted by molar-refractivity contribution is 5.86. The number of hydrogen-bond acceptors (Lipinski definition) is 2. The van der Waals surface area contributed by atoms with Crippen molar-refractivity contribution >= 4 is 22.8 Å². The summed E-state index contributed by atoms with van der Waals surface area (Å²) in [6.07, 6.45) is 4.29. The first-order valence-electron chi connectivity index (χ1n) is 9.51. The molecule has 2 heterocycles. The second-order valence-electron chi connectivity index (χ2n) is 7.41. The number of nitrogens with zero attached hydrogens (tertiary/aromatic N) is 1. The number of amides is 3. The van der Waals surface area contributed by atoms with Crippen LogP contribution in [0, 0.1) is 5.92 Å². The number of aromatic nitrogens is 1. The molecule has 2 aliphatic rings. The van der Waals surface area contributed by atoms with Gasteiger partial charge in [-0.05, 0) is 31.7 Å². The molecule has 1 saturated carbocycles. The lowest BCUT2D eigenvalue weighted by atomic mass is 9.85. The lowest BCUT2D eigenvalue weighted by Crippen LogP contribution is -2.48. The largest absolute Gasteiger partial charge is 0.359 e. The van der Waals surface area contributed by atoms with Gasteiger partial charge in [-0.15, -0.1) is 0 Å². The third-order valence-electron chi connectivity index (χ3n) is 5.84. The minimum atomic E-state index is 0.0179. The second kappa shape index (κ2) is 7.02. The molecule has 1 aliphatic heterocycles. The highest BCUT2D eigenvalue weighted by Gasteiger charge is 2.29. The van der Waals surface area contributed by atoms with Gasteiger partial charge in [0.25, 0.3) is 0 Å². The van der Waals surface area contributed by atoms with Crippen LogP contribution in [0.3, 0.4) is 0 Å². The molecule has 26 heavy (non-hydrogen) atoms. The van der Waals surface area contributed by atoms with Gasteiger partial charge in [0.15, 0.2) is 0 Å². The first-order chi connectivity index (χ1) is 12.7. The average Bonchev–Trinajstić information content (AvgIpc) is 3.05. The van der Waals surface area contributed by atoms with Gasteiger partial charge in [-0.3, -0.25) is 4.79 Å². The van der Waals surface area contributed by atoms with E-state index >= 15 is 0 Å². The SMILES string of the molecule is CNC(=O)C1CCC(NC(=O)N2CCc3[nH]c4ccccc4c3C2)CC1. The van der Waals surface area contributed by atoms with Gasteiger partial charge in [-0.25, -0.2) is 4.79 Å². The van der Waals surface area contributed by atoms with Crippen molar-refractivity contribution in [2.24, 2.45) is 5.92 Å². The lowest BCUT2D eigenvalue weighted by molar-refractivity contribution is -0.125. The fourth-order valence-electron chi connectivity index (χ4n) is 4.31.